The summed E-state index contributed by atoms with van der Waals surface area (Å²) in [6.45, 7) is 9.51. The van der Waals surface area contributed by atoms with Gasteiger partial charge in [-0.2, -0.15) is 0 Å². The average Bonchev–Trinajstić information content (AvgIpc) is 2.30. The standard InChI is InChI=1S/C14H23NO/c1-5-13-9-7-8-10-14(13)16-12(4)11(3)15-6-2/h7-12,15H,5-6H2,1-4H3. The van der Waals surface area contributed by atoms with Crippen LogP contribution in [0.1, 0.15) is 33.3 Å². The molecule has 1 aromatic carbocycles. The lowest BCUT2D eigenvalue weighted by molar-refractivity contribution is 0.177. The second-order valence-corrected chi connectivity index (χ2v) is 4.13. The van der Waals surface area contributed by atoms with Gasteiger partial charge in [0.05, 0.1) is 0 Å². The summed E-state index contributed by atoms with van der Waals surface area (Å²) in [7, 11) is 0. The van der Waals surface area contributed by atoms with Crippen molar-refractivity contribution in [3.8, 4) is 5.75 Å². The van der Waals surface area contributed by atoms with Gasteiger partial charge in [-0.3, -0.25) is 0 Å². The highest BCUT2D eigenvalue weighted by Crippen LogP contribution is 2.20. The molecule has 0 aliphatic rings. The van der Waals surface area contributed by atoms with Gasteiger partial charge in [0.2, 0.25) is 0 Å². The zero-order chi connectivity index (χ0) is 12.0. The van der Waals surface area contributed by atoms with E-state index in [4.69, 9.17) is 4.74 Å². The van der Waals surface area contributed by atoms with Crippen molar-refractivity contribution < 1.29 is 4.74 Å². The van der Waals surface area contributed by atoms with E-state index in [1.54, 1.807) is 0 Å². The van der Waals surface area contributed by atoms with Gasteiger partial charge in [0.15, 0.2) is 0 Å². The molecule has 1 N–H and O–H groups in total. The molecular weight excluding hydrogens is 198 g/mol. The molecule has 2 unspecified atom stereocenters. The molecule has 2 heteroatoms. The Morgan fingerprint density at radius 2 is 1.88 bits per heavy atom. The van der Waals surface area contributed by atoms with Crippen LogP contribution in [0.2, 0.25) is 0 Å². The molecule has 0 spiro atoms. The molecular formula is C14H23NO. The molecule has 0 heterocycles. The minimum Gasteiger partial charge on any atom is -0.489 e. The Morgan fingerprint density at radius 3 is 2.50 bits per heavy atom. The summed E-state index contributed by atoms with van der Waals surface area (Å²) in [5.74, 6) is 1.02. The smallest absolute Gasteiger partial charge is 0.122 e. The van der Waals surface area contributed by atoms with Gasteiger partial charge in [-0.05, 0) is 38.4 Å². The first-order chi connectivity index (χ1) is 7.69. The van der Waals surface area contributed by atoms with E-state index in [1.807, 2.05) is 12.1 Å². The Balaban J connectivity index is 2.64. The molecule has 2 nitrogen and oxygen atoms in total. The van der Waals surface area contributed by atoms with Gasteiger partial charge in [0.1, 0.15) is 11.9 Å². The van der Waals surface area contributed by atoms with Crippen molar-refractivity contribution in [2.24, 2.45) is 0 Å². The summed E-state index contributed by atoms with van der Waals surface area (Å²) >= 11 is 0. The molecule has 1 rings (SSSR count). The SMILES string of the molecule is CCNC(C)C(C)Oc1ccccc1CC. The number of rotatable bonds is 6. The fraction of sp³-hybridized carbons (Fsp3) is 0.571. The van der Waals surface area contributed by atoms with E-state index in [0.717, 1.165) is 18.7 Å². The summed E-state index contributed by atoms with van der Waals surface area (Å²) in [4.78, 5) is 0. The van der Waals surface area contributed by atoms with E-state index < -0.39 is 0 Å². The van der Waals surface area contributed by atoms with Crippen molar-refractivity contribution in [2.45, 2.75) is 46.3 Å². The van der Waals surface area contributed by atoms with Gasteiger partial charge >= 0.3 is 0 Å². The van der Waals surface area contributed by atoms with Crippen LogP contribution in [0.25, 0.3) is 0 Å². The van der Waals surface area contributed by atoms with Gasteiger partial charge in [-0.25, -0.2) is 0 Å². The molecule has 0 saturated heterocycles. The largest absolute Gasteiger partial charge is 0.489 e. The second-order valence-electron chi connectivity index (χ2n) is 4.13. The first-order valence-corrected chi connectivity index (χ1v) is 6.17. The van der Waals surface area contributed by atoms with E-state index >= 15 is 0 Å². The average molecular weight is 221 g/mol. The van der Waals surface area contributed by atoms with Crippen molar-refractivity contribution in [1.82, 2.24) is 5.32 Å². The Labute approximate surface area is 99.0 Å². The summed E-state index contributed by atoms with van der Waals surface area (Å²) in [5.41, 5.74) is 1.28. The monoisotopic (exact) mass is 221 g/mol. The van der Waals surface area contributed by atoms with Gasteiger partial charge in [0.25, 0.3) is 0 Å². The molecule has 90 valence electrons. The molecule has 0 radical (unpaired) electrons. The summed E-state index contributed by atoms with van der Waals surface area (Å²) in [6, 6.07) is 8.63. The molecule has 2 atom stereocenters. The van der Waals surface area contributed by atoms with Crippen molar-refractivity contribution in [3.05, 3.63) is 29.8 Å². The van der Waals surface area contributed by atoms with Gasteiger partial charge < -0.3 is 10.1 Å². The van der Waals surface area contributed by atoms with Gasteiger partial charge in [-0.15, -0.1) is 0 Å². The fourth-order valence-electron chi connectivity index (χ4n) is 1.70. The minimum atomic E-state index is 0.188. The highest BCUT2D eigenvalue weighted by molar-refractivity contribution is 5.33. The third-order valence-corrected chi connectivity index (χ3v) is 2.90. The van der Waals surface area contributed by atoms with E-state index in [0.29, 0.717) is 6.04 Å². The third kappa shape index (κ3) is 3.53. The fourth-order valence-corrected chi connectivity index (χ4v) is 1.70. The lowest BCUT2D eigenvalue weighted by Gasteiger charge is -2.23. The number of likely N-dealkylation sites (N-methyl/N-ethyl adjacent to an activating group) is 1. The molecule has 0 aliphatic heterocycles. The number of nitrogens with one attached hydrogen (secondary N) is 1. The molecule has 0 saturated carbocycles. The van der Waals surface area contributed by atoms with Crippen molar-refractivity contribution in [1.29, 1.82) is 0 Å². The van der Waals surface area contributed by atoms with Crippen LogP contribution in [0.3, 0.4) is 0 Å². The van der Waals surface area contributed by atoms with Crippen LogP contribution in [0.4, 0.5) is 0 Å². The zero-order valence-electron chi connectivity index (χ0n) is 10.8. The predicted molar refractivity (Wildman–Crippen MR) is 69.0 cm³/mol. The van der Waals surface area contributed by atoms with Crippen molar-refractivity contribution >= 4 is 0 Å². The molecule has 0 aromatic heterocycles. The van der Waals surface area contributed by atoms with Crippen molar-refractivity contribution in [2.75, 3.05) is 6.54 Å². The maximum Gasteiger partial charge on any atom is 0.122 e. The molecule has 0 aliphatic carbocycles. The third-order valence-electron chi connectivity index (χ3n) is 2.90. The maximum absolute atomic E-state index is 5.99. The van der Waals surface area contributed by atoms with E-state index in [-0.39, 0.29) is 6.10 Å². The molecule has 0 amide bonds. The van der Waals surface area contributed by atoms with Crippen LogP contribution in [-0.2, 0) is 6.42 Å². The highest BCUT2D eigenvalue weighted by Gasteiger charge is 2.13. The summed E-state index contributed by atoms with van der Waals surface area (Å²) in [6.07, 6.45) is 1.20. The van der Waals surface area contributed by atoms with E-state index in [1.165, 1.54) is 5.56 Å². The molecule has 0 bridgehead atoms. The van der Waals surface area contributed by atoms with Crippen LogP contribution in [-0.4, -0.2) is 18.7 Å². The minimum absolute atomic E-state index is 0.188. The molecule has 1 aromatic rings. The Morgan fingerprint density at radius 1 is 1.19 bits per heavy atom. The molecule has 0 fully saturated rings. The maximum atomic E-state index is 5.99. The topological polar surface area (TPSA) is 21.3 Å². The predicted octanol–water partition coefficient (Wildman–Crippen LogP) is 3.01. The molecule has 16 heavy (non-hydrogen) atoms. The lowest BCUT2D eigenvalue weighted by atomic mass is 10.1. The van der Waals surface area contributed by atoms with Crippen LogP contribution in [0, 0.1) is 0 Å². The van der Waals surface area contributed by atoms with Gasteiger partial charge in [-0.1, -0.05) is 32.0 Å². The Bertz CT molecular complexity index is 311. The van der Waals surface area contributed by atoms with Crippen LogP contribution in [0.15, 0.2) is 24.3 Å². The number of hydrogen-bond donors (Lipinski definition) is 1. The quantitative estimate of drug-likeness (QED) is 0.797. The Hall–Kier alpha value is -1.02. The van der Waals surface area contributed by atoms with Gasteiger partial charge in [0, 0.05) is 6.04 Å². The summed E-state index contributed by atoms with van der Waals surface area (Å²) < 4.78 is 5.99. The lowest BCUT2D eigenvalue weighted by Crippen LogP contribution is -2.38. The Kier molecular flexibility index (Phi) is 5.33. The first-order valence-electron chi connectivity index (χ1n) is 6.17. The van der Waals surface area contributed by atoms with E-state index in [9.17, 15) is 0 Å². The summed E-state index contributed by atoms with van der Waals surface area (Å²) in [5, 5.41) is 3.38. The van der Waals surface area contributed by atoms with Crippen LogP contribution in [0.5, 0.6) is 5.75 Å². The van der Waals surface area contributed by atoms with E-state index in [2.05, 4.69) is 45.1 Å². The highest BCUT2D eigenvalue weighted by atomic mass is 16.5. The second kappa shape index (κ2) is 6.54. The number of ether oxygens (including phenoxy) is 1. The number of hydrogen-bond acceptors (Lipinski definition) is 2. The van der Waals surface area contributed by atoms with Crippen LogP contribution < -0.4 is 10.1 Å². The first kappa shape index (κ1) is 13.0. The number of aryl methyl sites for hydroxylation is 1. The van der Waals surface area contributed by atoms with Crippen LogP contribution >= 0.6 is 0 Å². The van der Waals surface area contributed by atoms with Crippen molar-refractivity contribution in [3.63, 3.8) is 0 Å². The normalized spacial score (nSPS) is 14.5. The zero-order valence-corrected chi connectivity index (χ0v) is 10.8. The number of benzene rings is 1. The number of para-hydroxylation sites is 1.